The van der Waals surface area contributed by atoms with Gasteiger partial charge in [0, 0.05) is 13.0 Å². The van der Waals surface area contributed by atoms with Gasteiger partial charge in [-0.2, -0.15) is 0 Å². The molecule has 49 heavy (non-hydrogen) atoms. The van der Waals surface area contributed by atoms with Crippen LogP contribution in [0.15, 0.2) is 12.2 Å². The van der Waals surface area contributed by atoms with Gasteiger partial charge in [0.05, 0.1) is 13.2 Å². The molecule has 4 heteroatoms. The molecule has 0 aromatic rings. The van der Waals surface area contributed by atoms with Crippen molar-refractivity contribution in [3.8, 4) is 0 Å². The van der Waals surface area contributed by atoms with Gasteiger partial charge < -0.3 is 14.6 Å². The van der Waals surface area contributed by atoms with Crippen molar-refractivity contribution in [1.29, 1.82) is 0 Å². The van der Waals surface area contributed by atoms with Crippen molar-refractivity contribution in [2.24, 2.45) is 0 Å². The molecule has 4 nitrogen and oxygen atoms in total. The van der Waals surface area contributed by atoms with Crippen molar-refractivity contribution in [2.75, 3.05) is 19.8 Å². The highest BCUT2D eigenvalue weighted by Crippen LogP contribution is 2.16. The Labute approximate surface area is 307 Å². The first-order valence-electron chi connectivity index (χ1n) is 22.3. The third-order valence-electron chi connectivity index (χ3n) is 10.1. The van der Waals surface area contributed by atoms with Crippen molar-refractivity contribution in [2.45, 2.75) is 251 Å². The average molecular weight is 693 g/mol. The van der Waals surface area contributed by atoms with E-state index in [0.717, 1.165) is 19.3 Å². The Morgan fingerprint density at radius 3 is 1.16 bits per heavy atom. The number of hydrogen-bond acceptors (Lipinski definition) is 4. The van der Waals surface area contributed by atoms with E-state index >= 15 is 0 Å². The average Bonchev–Trinajstić information content (AvgIpc) is 3.11. The molecule has 1 unspecified atom stereocenters. The second kappa shape index (κ2) is 43.3. The molecular formula is C45H88O4. The molecule has 0 fully saturated rings. The molecule has 0 aliphatic heterocycles. The molecule has 0 saturated carbocycles. The van der Waals surface area contributed by atoms with Crippen molar-refractivity contribution >= 4 is 5.97 Å². The SMILES string of the molecule is CCCCCCCCC/C=C\CCCCCCCCCCOCC(CO)OC(=O)CCCCCCCCCCCCCCCCCCCC. The van der Waals surface area contributed by atoms with Gasteiger partial charge in [0.1, 0.15) is 6.10 Å². The lowest BCUT2D eigenvalue weighted by molar-refractivity contribution is -0.154. The summed E-state index contributed by atoms with van der Waals surface area (Å²) in [6.45, 7) is 5.38. The van der Waals surface area contributed by atoms with E-state index in [1.54, 1.807) is 0 Å². The number of unbranched alkanes of at least 4 members (excludes halogenated alkanes) is 32. The molecule has 0 rings (SSSR count). The monoisotopic (exact) mass is 693 g/mol. The summed E-state index contributed by atoms with van der Waals surface area (Å²) in [6, 6.07) is 0. The predicted octanol–water partition coefficient (Wildman–Crippen LogP) is 14.5. The fourth-order valence-corrected chi connectivity index (χ4v) is 6.74. The molecule has 1 N–H and O–H groups in total. The third kappa shape index (κ3) is 41.4. The van der Waals surface area contributed by atoms with Crippen LogP contribution in [-0.2, 0) is 14.3 Å². The Kier molecular flexibility index (Phi) is 42.5. The number of allylic oxidation sites excluding steroid dienone is 2. The maximum absolute atomic E-state index is 12.2. The molecule has 292 valence electrons. The van der Waals surface area contributed by atoms with Crippen LogP contribution in [0.25, 0.3) is 0 Å². The quantitative estimate of drug-likeness (QED) is 0.0393. The smallest absolute Gasteiger partial charge is 0.306 e. The van der Waals surface area contributed by atoms with Crippen LogP contribution in [0.3, 0.4) is 0 Å². The van der Waals surface area contributed by atoms with E-state index < -0.39 is 6.10 Å². The lowest BCUT2D eigenvalue weighted by atomic mass is 10.0. The van der Waals surface area contributed by atoms with Gasteiger partial charge in [0.2, 0.25) is 0 Å². The van der Waals surface area contributed by atoms with Crippen molar-refractivity contribution in [3.63, 3.8) is 0 Å². The maximum Gasteiger partial charge on any atom is 0.306 e. The number of carbonyl (C=O) groups excluding carboxylic acids is 1. The fourth-order valence-electron chi connectivity index (χ4n) is 6.74. The second-order valence-corrected chi connectivity index (χ2v) is 15.1. The molecule has 0 aromatic heterocycles. The highest BCUT2D eigenvalue weighted by molar-refractivity contribution is 5.69. The minimum Gasteiger partial charge on any atom is -0.457 e. The van der Waals surface area contributed by atoms with Crippen LogP contribution in [0.2, 0.25) is 0 Å². The van der Waals surface area contributed by atoms with Gasteiger partial charge in [-0.25, -0.2) is 0 Å². The summed E-state index contributed by atoms with van der Waals surface area (Å²) in [4.78, 5) is 12.2. The molecule has 0 aromatic carbocycles. The summed E-state index contributed by atoms with van der Waals surface area (Å²) < 4.78 is 11.2. The van der Waals surface area contributed by atoms with Gasteiger partial charge in [0.15, 0.2) is 0 Å². The Bertz CT molecular complexity index is 648. The normalized spacial score (nSPS) is 12.3. The minimum atomic E-state index is -0.529. The van der Waals surface area contributed by atoms with Crippen LogP contribution in [0, 0.1) is 0 Å². The van der Waals surface area contributed by atoms with Crippen LogP contribution in [-0.4, -0.2) is 37.0 Å². The Morgan fingerprint density at radius 1 is 0.469 bits per heavy atom. The van der Waals surface area contributed by atoms with Crippen LogP contribution >= 0.6 is 0 Å². The standard InChI is InChI=1S/C45H88O4/c1-3-5-7-9-11-13-15-17-19-21-23-25-27-29-31-33-35-37-39-41-48-43-44(42-46)49-45(47)40-38-36-34-32-30-28-26-24-22-20-18-16-14-12-10-8-6-4-2/h19,21,44,46H,3-18,20,22-43H2,1-2H3/b21-19-. The van der Waals surface area contributed by atoms with Gasteiger partial charge in [-0.1, -0.05) is 212 Å². The van der Waals surface area contributed by atoms with E-state index in [2.05, 4.69) is 26.0 Å². The van der Waals surface area contributed by atoms with Gasteiger partial charge in [-0.05, 0) is 38.5 Å². The van der Waals surface area contributed by atoms with Gasteiger partial charge in [-0.15, -0.1) is 0 Å². The first kappa shape index (κ1) is 48.1. The first-order valence-corrected chi connectivity index (χ1v) is 22.3. The van der Waals surface area contributed by atoms with Crippen LogP contribution in [0.4, 0.5) is 0 Å². The molecule has 0 bridgehead atoms. The zero-order chi connectivity index (χ0) is 35.6. The lowest BCUT2D eigenvalue weighted by Gasteiger charge is -2.16. The Balaban J connectivity index is 3.38. The van der Waals surface area contributed by atoms with E-state index in [4.69, 9.17) is 9.47 Å². The van der Waals surface area contributed by atoms with Gasteiger partial charge in [-0.3, -0.25) is 4.79 Å². The largest absolute Gasteiger partial charge is 0.457 e. The molecule has 0 spiro atoms. The molecule has 0 heterocycles. The van der Waals surface area contributed by atoms with E-state index in [1.165, 1.54) is 205 Å². The minimum absolute atomic E-state index is 0.167. The number of carbonyl (C=O) groups is 1. The van der Waals surface area contributed by atoms with E-state index in [1.807, 2.05) is 0 Å². The molecular weight excluding hydrogens is 604 g/mol. The molecule has 1 atom stereocenters. The Morgan fingerprint density at radius 2 is 0.796 bits per heavy atom. The summed E-state index contributed by atoms with van der Waals surface area (Å²) in [6.07, 6.45) is 51.3. The first-order chi connectivity index (χ1) is 24.2. The number of rotatable bonds is 42. The lowest BCUT2D eigenvalue weighted by Crippen LogP contribution is -2.27. The van der Waals surface area contributed by atoms with E-state index in [0.29, 0.717) is 19.6 Å². The Hall–Kier alpha value is -0.870. The molecule has 0 radical (unpaired) electrons. The summed E-state index contributed by atoms with van der Waals surface area (Å²) in [5.41, 5.74) is 0. The number of ether oxygens (including phenoxy) is 2. The van der Waals surface area contributed by atoms with Crippen LogP contribution in [0.1, 0.15) is 245 Å². The van der Waals surface area contributed by atoms with Crippen molar-refractivity contribution in [3.05, 3.63) is 12.2 Å². The zero-order valence-corrected chi connectivity index (χ0v) is 33.5. The van der Waals surface area contributed by atoms with Crippen LogP contribution < -0.4 is 0 Å². The number of aliphatic hydroxyl groups is 1. The maximum atomic E-state index is 12.2. The predicted molar refractivity (Wildman–Crippen MR) is 214 cm³/mol. The number of aliphatic hydroxyl groups excluding tert-OH is 1. The molecule has 0 aliphatic rings. The van der Waals surface area contributed by atoms with Gasteiger partial charge >= 0.3 is 5.97 Å². The molecule has 0 amide bonds. The topological polar surface area (TPSA) is 55.8 Å². The van der Waals surface area contributed by atoms with E-state index in [-0.39, 0.29) is 12.6 Å². The van der Waals surface area contributed by atoms with Crippen LogP contribution in [0.5, 0.6) is 0 Å². The second-order valence-electron chi connectivity index (χ2n) is 15.1. The highest BCUT2D eigenvalue weighted by Gasteiger charge is 2.13. The number of esters is 1. The zero-order valence-electron chi connectivity index (χ0n) is 33.5. The van der Waals surface area contributed by atoms with Gasteiger partial charge in [0.25, 0.3) is 0 Å². The third-order valence-corrected chi connectivity index (χ3v) is 10.1. The highest BCUT2D eigenvalue weighted by atomic mass is 16.6. The molecule has 0 saturated heterocycles. The molecule has 0 aliphatic carbocycles. The number of hydrogen-bond donors (Lipinski definition) is 1. The summed E-state index contributed by atoms with van der Waals surface area (Å²) in [5, 5.41) is 9.61. The van der Waals surface area contributed by atoms with Crippen molar-refractivity contribution < 1.29 is 19.4 Å². The summed E-state index contributed by atoms with van der Waals surface area (Å²) in [5.74, 6) is -0.196. The fraction of sp³-hybridized carbons (Fsp3) is 0.933. The summed E-state index contributed by atoms with van der Waals surface area (Å²) in [7, 11) is 0. The van der Waals surface area contributed by atoms with E-state index in [9.17, 15) is 9.90 Å². The van der Waals surface area contributed by atoms with Crippen molar-refractivity contribution in [1.82, 2.24) is 0 Å². The summed E-state index contributed by atoms with van der Waals surface area (Å²) >= 11 is 0.